The Bertz CT molecular complexity index is 357. The Morgan fingerprint density at radius 1 is 1.47 bits per heavy atom. The molecule has 1 aliphatic rings. The first-order valence-corrected chi connectivity index (χ1v) is 4.92. The summed E-state index contributed by atoms with van der Waals surface area (Å²) < 4.78 is 25.0. The van der Waals surface area contributed by atoms with Crippen molar-refractivity contribution in [1.29, 1.82) is 5.26 Å². The molecule has 1 fully saturated rings. The third-order valence-corrected chi connectivity index (χ3v) is 2.39. The average Bonchev–Trinajstić information content (AvgIpc) is 2.00. The van der Waals surface area contributed by atoms with Gasteiger partial charge in [-0.05, 0) is 15.9 Å². The molecule has 1 aliphatic carbocycles. The molecule has 0 aromatic rings. The second-order valence-electron chi connectivity index (χ2n) is 3.27. The van der Waals surface area contributed by atoms with Gasteiger partial charge < -0.3 is 11.5 Å². The minimum absolute atomic E-state index is 0.0229. The summed E-state index contributed by atoms with van der Waals surface area (Å²) in [5, 5.41) is 8.65. The number of hydrogen-bond acceptors (Lipinski definition) is 3. The Labute approximate surface area is 93.8 Å². The minimum Gasteiger partial charge on any atom is -0.392 e. The van der Waals surface area contributed by atoms with E-state index < -0.39 is 12.0 Å². The number of nitriles is 1. The van der Waals surface area contributed by atoms with Crippen molar-refractivity contribution in [1.82, 2.24) is 0 Å². The SMILES string of the molecule is N#C/C(C(N)=NC1CC(F)(F)C1)=C(/N)Br. The molecule has 1 rings (SSSR count). The summed E-state index contributed by atoms with van der Waals surface area (Å²) in [6, 6.07) is 1.22. The fourth-order valence-corrected chi connectivity index (χ4v) is 1.51. The van der Waals surface area contributed by atoms with Gasteiger partial charge in [0.15, 0.2) is 0 Å². The predicted octanol–water partition coefficient (Wildman–Crippen LogP) is 1.23. The smallest absolute Gasteiger partial charge is 0.252 e. The molecule has 7 heteroatoms. The Morgan fingerprint density at radius 2 is 2.00 bits per heavy atom. The van der Waals surface area contributed by atoms with Gasteiger partial charge in [-0.15, -0.1) is 0 Å². The third kappa shape index (κ3) is 2.89. The molecule has 1 saturated carbocycles. The molecule has 0 atom stereocenters. The van der Waals surface area contributed by atoms with Gasteiger partial charge in [0.05, 0.1) is 10.6 Å². The molecule has 0 aliphatic heterocycles. The van der Waals surface area contributed by atoms with E-state index in [0.29, 0.717) is 0 Å². The normalized spacial score (nSPS) is 22.7. The molecule has 0 unspecified atom stereocenters. The zero-order chi connectivity index (χ0) is 11.6. The van der Waals surface area contributed by atoms with E-state index in [1.54, 1.807) is 6.07 Å². The van der Waals surface area contributed by atoms with Crippen LogP contribution in [0.2, 0.25) is 0 Å². The number of alkyl halides is 2. The number of hydrogen-bond donors (Lipinski definition) is 2. The summed E-state index contributed by atoms with van der Waals surface area (Å²) in [5.41, 5.74) is 10.7. The van der Waals surface area contributed by atoms with Crippen molar-refractivity contribution in [2.45, 2.75) is 24.8 Å². The van der Waals surface area contributed by atoms with Crippen molar-refractivity contribution in [2.75, 3.05) is 0 Å². The zero-order valence-electron chi connectivity index (χ0n) is 7.67. The average molecular weight is 279 g/mol. The summed E-state index contributed by atoms with van der Waals surface area (Å²) in [6.07, 6.45) is -0.650. The van der Waals surface area contributed by atoms with Gasteiger partial charge >= 0.3 is 0 Å². The van der Waals surface area contributed by atoms with Crippen molar-refractivity contribution >= 4 is 21.8 Å². The van der Waals surface area contributed by atoms with E-state index in [4.69, 9.17) is 16.7 Å². The lowest BCUT2D eigenvalue weighted by Gasteiger charge is -2.32. The van der Waals surface area contributed by atoms with Crippen molar-refractivity contribution in [2.24, 2.45) is 16.5 Å². The first kappa shape index (κ1) is 11.9. The summed E-state index contributed by atoms with van der Waals surface area (Å²) in [6.45, 7) is 0. The largest absolute Gasteiger partial charge is 0.392 e. The Morgan fingerprint density at radius 3 is 2.33 bits per heavy atom. The van der Waals surface area contributed by atoms with Crippen LogP contribution in [0.25, 0.3) is 0 Å². The molecule has 0 spiro atoms. The highest BCUT2D eigenvalue weighted by atomic mass is 79.9. The molecule has 0 bridgehead atoms. The quantitative estimate of drug-likeness (QED) is 0.345. The lowest BCUT2D eigenvalue weighted by Crippen LogP contribution is -2.39. The second-order valence-corrected chi connectivity index (χ2v) is 4.12. The first-order valence-electron chi connectivity index (χ1n) is 4.12. The van der Waals surface area contributed by atoms with E-state index in [1.807, 2.05) is 0 Å². The lowest BCUT2D eigenvalue weighted by atomic mass is 9.89. The predicted molar refractivity (Wildman–Crippen MR) is 55.3 cm³/mol. The minimum atomic E-state index is -2.65. The van der Waals surface area contributed by atoms with Crippen LogP contribution >= 0.6 is 15.9 Å². The molecule has 0 heterocycles. The second kappa shape index (κ2) is 4.14. The fourth-order valence-electron chi connectivity index (χ4n) is 1.22. The number of nitrogens with two attached hydrogens (primary N) is 2. The van der Waals surface area contributed by atoms with Gasteiger partial charge in [0.25, 0.3) is 5.92 Å². The van der Waals surface area contributed by atoms with Crippen LogP contribution in [0.4, 0.5) is 8.78 Å². The molecular formula is C8H9BrF2N4. The molecule has 15 heavy (non-hydrogen) atoms. The topological polar surface area (TPSA) is 88.2 Å². The van der Waals surface area contributed by atoms with Crippen molar-refractivity contribution in [3.8, 4) is 6.07 Å². The fraction of sp³-hybridized carbons (Fsp3) is 0.500. The standard InChI is InChI=1S/C8H9BrF2N4/c9-6(13)5(3-12)7(14)15-4-1-8(10,11)2-4/h4H,1-2,13H2,(H2,14,15)/b6-5-. The first-order chi connectivity index (χ1) is 6.85. The van der Waals surface area contributed by atoms with Gasteiger partial charge in [-0.2, -0.15) is 5.26 Å². The maximum atomic E-state index is 12.5. The third-order valence-electron chi connectivity index (χ3n) is 2.00. The molecule has 0 aromatic carbocycles. The number of aliphatic imine (C=N–C) groups is 1. The van der Waals surface area contributed by atoms with Crippen molar-refractivity contribution in [3.63, 3.8) is 0 Å². The highest BCUT2D eigenvalue weighted by Crippen LogP contribution is 2.39. The maximum absolute atomic E-state index is 12.5. The number of amidine groups is 1. The molecular weight excluding hydrogens is 270 g/mol. The van der Waals surface area contributed by atoms with Crippen LogP contribution in [0.15, 0.2) is 15.2 Å². The van der Waals surface area contributed by atoms with Gasteiger partial charge in [0.2, 0.25) is 0 Å². The van der Waals surface area contributed by atoms with E-state index in [0.717, 1.165) is 0 Å². The van der Waals surface area contributed by atoms with Crippen LogP contribution < -0.4 is 11.5 Å². The van der Waals surface area contributed by atoms with Gasteiger partial charge in [-0.3, -0.25) is 4.99 Å². The molecule has 4 N–H and O–H groups in total. The molecule has 0 aromatic heterocycles. The van der Waals surface area contributed by atoms with E-state index in [-0.39, 0.29) is 28.9 Å². The van der Waals surface area contributed by atoms with Crippen LogP contribution in [0.3, 0.4) is 0 Å². The molecule has 0 radical (unpaired) electrons. The van der Waals surface area contributed by atoms with Crippen LogP contribution in [0.5, 0.6) is 0 Å². The summed E-state index contributed by atoms with van der Waals surface area (Å²) >= 11 is 2.88. The Hall–Kier alpha value is -1.16. The van der Waals surface area contributed by atoms with Crippen LogP contribution in [-0.4, -0.2) is 17.8 Å². The number of halogens is 3. The van der Waals surface area contributed by atoms with E-state index >= 15 is 0 Å². The summed E-state index contributed by atoms with van der Waals surface area (Å²) in [7, 11) is 0. The molecule has 0 amide bonds. The molecule has 0 saturated heterocycles. The van der Waals surface area contributed by atoms with E-state index in [2.05, 4.69) is 20.9 Å². The van der Waals surface area contributed by atoms with Crippen LogP contribution in [-0.2, 0) is 0 Å². The maximum Gasteiger partial charge on any atom is 0.252 e. The highest BCUT2D eigenvalue weighted by molar-refractivity contribution is 9.11. The zero-order valence-corrected chi connectivity index (χ0v) is 9.26. The lowest BCUT2D eigenvalue weighted by molar-refractivity contribution is -0.0834. The summed E-state index contributed by atoms with van der Waals surface area (Å²) in [5.74, 6) is -2.75. The Balaban J connectivity index is 2.71. The summed E-state index contributed by atoms with van der Waals surface area (Å²) in [4.78, 5) is 3.79. The number of rotatable bonds is 2. The van der Waals surface area contributed by atoms with E-state index in [1.165, 1.54) is 0 Å². The van der Waals surface area contributed by atoms with Gasteiger partial charge in [0.1, 0.15) is 17.5 Å². The number of nitrogens with zero attached hydrogens (tertiary/aromatic N) is 2. The van der Waals surface area contributed by atoms with Gasteiger partial charge in [-0.1, -0.05) is 0 Å². The Kier molecular flexibility index (Phi) is 3.29. The monoisotopic (exact) mass is 278 g/mol. The van der Waals surface area contributed by atoms with Crippen molar-refractivity contribution < 1.29 is 8.78 Å². The van der Waals surface area contributed by atoms with Crippen LogP contribution in [0.1, 0.15) is 12.8 Å². The van der Waals surface area contributed by atoms with Crippen molar-refractivity contribution in [3.05, 3.63) is 10.2 Å². The van der Waals surface area contributed by atoms with Gasteiger partial charge in [-0.25, -0.2) is 8.78 Å². The van der Waals surface area contributed by atoms with Gasteiger partial charge in [0, 0.05) is 12.8 Å². The van der Waals surface area contributed by atoms with E-state index in [9.17, 15) is 8.78 Å². The van der Waals surface area contributed by atoms with Crippen LogP contribution in [0, 0.1) is 11.3 Å². The highest BCUT2D eigenvalue weighted by Gasteiger charge is 2.45. The molecule has 4 nitrogen and oxygen atoms in total. The molecule has 82 valence electrons.